The second kappa shape index (κ2) is 9.08. The van der Waals surface area contributed by atoms with E-state index in [1.165, 1.54) is 30.0 Å². The molecular formula is C23H22F4N4O4. The molecule has 4 rings (SSSR count). The molecule has 0 bridgehead atoms. The molecule has 2 aliphatic heterocycles. The van der Waals surface area contributed by atoms with Crippen LogP contribution in [0.3, 0.4) is 0 Å². The van der Waals surface area contributed by atoms with Crippen LogP contribution < -0.4 is 15.0 Å². The number of rotatable bonds is 5. The molecule has 2 aromatic rings. The third-order valence-corrected chi connectivity index (χ3v) is 6.06. The molecule has 0 radical (unpaired) electrons. The first-order valence-corrected chi connectivity index (χ1v) is 10.8. The summed E-state index contributed by atoms with van der Waals surface area (Å²) in [6, 6.07) is 10.1. The van der Waals surface area contributed by atoms with Gasteiger partial charge in [0.05, 0.1) is 5.69 Å². The van der Waals surface area contributed by atoms with Gasteiger partial charge in [0.15, 0.2) is 0 Å². The fraction of sp³-hybridized carbons (Fsp3) is 0.348. The zero-order valence-electron chi connectivity index (χ0n) is 18.6. The monoisotopic (exact) mass is 494 g/mol. The number of benzene rings is 2. The number of nitrogens with zero attached hydrogens (tertiary/aromatic N) is 3. The highest BCUT2D eigenvalue weighted by Gasteiger charge is 2.50. The Labute approximate surface area is 198 Å². The van der Waals surface area contributed by atoms with Gasteiger partial charge in [0.2, 0.25) is 5.91 Å². The number of para-hydroxylation sites is 1. The van der Waals surface area contributed by atoms with Gasteiger partial charge in [-0.2, -0.15) is 0 Å². The second-order valence-electron chi connectivity index (χ2n) is 8.34. The maximum atomic E-state index is 14.0. The number of halogens is 4. The molecule has 12 heteroatoms. The molecule has 0 aliphatic carbocycles. The smallest absolute Gasteiger partial charge is 0.406 e. The molecule has 8 nitrogen and oxygen atoms in total. The molecule has 0 spiro atoms. The molecule has 1 unspecified atom stereocenters. The first-order chi connectivity index (χ1) is 16.5. The van der Waals surface area contributed by atoms with E-state index in [0.717, 1.165) is 17.0 Å². The highest BCUT2D eigenvalue weighted by molar-refractivity contribution is 6.09. The van der Waals surface area contributed by atoms with Crippen molar-refractivity contribution >= 4 is 23.5 Å². The quantitative estimate of drug-likeness (QED) is 0.511. The summed E-state index contributed by atoms with van der Waals surface area (Å²) >= 11 is 0. The molecule has 2 aromatic carbocycles. The van der Waals surface area contributed by atoms with Crippen molar-refractivity contribution in [1.82, 2.24) is 15.1 Å². The predicted molar refractivity (Wildman–Crippen MR) is 116 cm³/mol. The van der Waals surface area contributed by atoms with Crippen LogP contribution in [0.25, 0.3) is 0 Å². The van der Waals surface area contributed by atoms with Crippen molar-refractivity contribution in [2.45, 2.75) is 18.8 Å². The summed E-state index contributed by atoms with van der Waals surface area (Å²) in [5.41, 5.74) is -0.882. The van der Waals surface area contributed by atoms with E-state index >= 15 is 0 Å². The van der Waals surface area contributed by atoms with E-state index in [1.54, 1.807) is 18.2 Å². The number of hydrogen-bond acceptors (Lipinski definition) is 5. The molecule has 2 fully saturated rings. The topological polar surface area (TPSA) is 82.2 Å². The van der Waals surface area contributed by atoms with Crippen molar-refractivity contribution in [2.75, 3.05) is 37.6 Å². The van der Waals surface area contributed by atoms with E-state index in [0.29, 0.717) is 18.8 Å². The Morgan fingerprint density at radius 1 is 1.03 bits per heavy atom. The largest absolute Gasteiger partial charge is 0.573 e. The van der Waals surface area contributed by atoms with Gasteiger partial charge in [0, 0.05) is 26.2 Å². The molecule has 4 amide bonds. The van der Waals surface area contributed by atoms with Gasteiger partial charge >= 0.3 is 12.4 Å². The first-order valence-electron chi connectivity index (χ1n) is 10.8. The number of amides is 4. The van der Waals surface area contributed by atoms with Gasteiger partial charge in [-0.15, -0.1) is 13.2 Å². The van der Waals surface area contributed by atoms with E-state index < -0.39 is 42.0 Å². The third kappa shape index (κ3) is 5.00. The number of anilines is 1. The van der Waals surface area contributed by atoms with Crippen LogP contribution >= 0.6 is 0 Å². The fourth-order valence-electron chi connectivity index (χ4n) is 4.17. The summed E-state index contributed by atoms with van der Waals surface area (Å²) in [6.07, 6.45) is -4.86. The third-order valence-electron chi connectivity index (χ3n) is 6.06. The van der Waals surface area contributed by atoms with Crippen LogP contribution in [0.5, 0.6) is 5.75 Å². The number of urea groups is 1. The van der Waals surface area contributed by atoms with Gasteiger partial charge < -0.3 is 19.9 Å². The number of alkyl halides is 3. The second-order valence-corrected chi connectivity index (χ2v) is 8.34. The molecule has 0 aromatic heterocycles. The number of imide groups is 1. The Morgan fingerprint density at radius 2 is 1.66 bits per heavy atom. The normalized spacial score (nSPS) is 20.8. The average Bonchev–Trinajstić information content (AvgIpc) is 3.02. The van der Waals surface area contributed by atoms with E-state index in [9.17, 15) is 31.9 Å². The molecule has 0 saturated carbocycles. The van der Waals surface area contributed by atoms with Gasteiger partial charge in [0.1, 0.15) is 23.7 Å². The average molecular weight is 494 g/mol. The Kier molecular flexibility index (Phi) is 6.30. The Balaban J connectivity index is 1.39. The summed E-state index contributed by atoms with van der Waals surface area (Å²) in [5, 5.41) is 2.51. The first kappa shape index (κ1) is 24.3. The minimum atomic E-state index is -4.86. The summed E-state index contributed by atoms with van der Waals surface area (Å²) in [4.78, 5) is 42.5. The minimum absolute atomic E-state index is 0.235. The van der Waals surface area contributed by atoms with Gasteiger partial charge in [-0.05, 0) is 36.8 Å². The van der Waals surface area contributed by atoms with Crippen LogP contribution in [-0.2, 0) is 15.1 Å². The number of carbonyl (C=O) groups is 3. The van der Waals surface area contributed by atoms with Crippen LogP contribution in [0.15, 0.2) is 48.5 Å². The maximum absolute atomic E-state index is 14.0. The summed E-state index contributed by atoms with van der Waals surface area (Å²) in [5.74, 6) is -1.97. The number of nitrogens with one attached hydrogen (secondary N) is 1. The molecule has 1 atom stereocenters. The van der Waals surface area contributed by atoms with E-state index in [-0.39, 0.29) is 24.5 Å². The Morgan fingerprint density at radius 3 is 2.26 bits per heavy atom. The molecule has 1 N–H and O–H groups in total. The van der Waals surface area contributed by atoms with Crippen molar-refractivity contribution in [3.8, 4) is 5.75 Å². The zero-order chi connectivity index (χ0) is 25.4. The van der Waals surface area contributed by atoms with Crippen molar-refractivity contribution in [3.05, 3.63) is 59.9 Å². The van der Waals surface area contributed by atoms with Crippen molar-refractivity contribution in [3.63, 3.8) is 0 Å². The number of hydrogen-bond donors (Lipinski definition) is 1. The lowest BCUT2D eigenvalue weighted by molar-refractivity contribution is -0.274. The van der Waals surface area contributed by atoms with Crippen molar-refractivity contribution < 1.29 is 36.7 Å². The maximum Gasteiger partial charge on any atom is 0.573 e. The lowest BCUT2D eigenvalue weighted by Gasteiger charge is -2.36. The Hall–Kier alpha value is -3.83. The molecule has 186 valence electrons. The van der Waals surface area contributed by atoms with Crippen molar-refractivity contribution in [1.29, 1.82) is 0 Å². The SMILES string of the molecule is CC1(c2ccc(OC(F)(F)F)cc2)NC(=O)N(CC(=O)N2CCN(c3ccccc3F)CC2)C1=O. The van der Waals surface area contributed by atoms with Crippen LogP contribution in [-0.4, -0.2) is 66.7 Å². The van der Waals surface area contributed by atoms with E-state index in [4.69, 9.17) is 0 Å². The van der Waals surface area contributed by atoms with Crippen LogP contribution in [0.4, 0.5) is 28.0 Å². The molecule has 2 heterocycles. The summed E-state index contributed by atoms with van der Waals surface area (Å²) in [7, 11) is 0. The van der Waals surface area contributed by atoms with Gasteiger partial charge in [-0.1, -0.05) is 24.3 Å². The molecule has 35 heavy (non-hydrogen) atoms. The standard InChI is InChI=1S/C23H22F4N4O4/c1-22(15-6-8-16(9-7-15)35-23(25,26)27)20(33)31(21(34)28-22)14-19(32)30-12-10-29(11-13-30)18-5-3-2-4-17(18)24/h2-9H,10-14H2,1H3,(H,28,34). The van der Waals surface area contributed by atoms with Crippen LogP contribution in [0.2, 0.25) is 0 Å². The minimum Gasteiger partial charge on any atom is -0.406 e. The van der Waals surface area contributed by atoms with Gasteiger partial charge in [0.25, 0.3) is 5.91 Å². The number of piperazine rings is 1. The lowest BCUT2D eigenvalue weighted by Crippen LogP contribution is -2.52. The number of ether oxygens (including phenoxy) is 1. The highest BCUT2D eigenvalue weighted by Crippen LogP contribution is 2.31. The van der Waals surface area contributed by atoms with E-state index in [1.807, 2.05) is 4.90 Å². The summed E-state index contributed by atoms with van der Waals surface area (Å²) < 4.78 is 55.0. The molecule has 2 aliphatic rings. The highest BCUT2D eigenvalue weighted by atomic mass is 19.4. The lowest BCUT2D eigenvalue weighted by atomic mass is 9.92. The predicted octanol–water partition coefficient (Wildman–Crippen LogP) is 2.84. The zero-order valence-corrected chi connectivity index (χ0v) is 18.6. The van der Waals surface area contributed by atoms with Crippen molar-refractivity contribution in [2.24, 2.45) is 0 Å². The summed E-state index contributed by atoms with van der Waals surface area (Å²) in [6.45, 7) is 2.26. The molecule has 2 saturated heterocycles. The number of carbonyl (C=O) groups excluding carboxylic acids is 3. The fourth-order valence-corrected chi connectivity index (χ4v) is 4.17. The molecular weight excluding hydrogens is 472 g/mol. The Bertz CT molecular complexity index is 1130. The van der Waals surface area contributed by atoms with Gasteiger partial charge in [-0.3, -0.25) is 14.5 Å². The van der Waals surface area contributed by atoms with Crippen LogP contribution in [0, 0.1) is 5.82 Å². The van der Waals surface area contributed by atoms with E-state index in [2.05, 4.69) is 10.1 Å². The van der Waals surface area contributed by atoms with Crippen LogP contribution in [0.1, 0.15) is 12.5 Å². The van der Waals surface area contributed by atoms with Gasteiger partial charge in [-0.25, -0.2) is 9.18 Å².